The fraction of sp³-hybridized carbons (Fsp3) is 0.731. The second kappa shape index (κ2) is 11.0. The summed E-state index contributed by atoms with van der Waals surface area (Å²) in [5.41, 5.74) is 0.494. The van der Waals surface area contributed by atoms with Crippen molar-refractivity contribution in [1.82, 2.24) is 4.98 Å². The smallest absolute Gasteiger partial charge is 0.309 e. The van der Waals surface area contributed by atoms with E-state index in [-0.39, 0.29) is 30.3 Å². The minimum absolute atomic E-state index is 0.00770. The average molecular weight is 494 g/mol. The van der Waals surface area contributed by atoms with Gasteiger partial charge in [-0.1, -0.05) is 34.1 Å². The molecule has 190 valence electrons. The van der Waals surface area contributed by atoms with Crippen LogP contribution >= 0.6 is 11.3 Å². The molecule has 0 saturated carbocycles. The number of carbonyl (C=O) groups is 2. The predicted octanol–water partition coefficient (Wildman–Crippen LogP) is 4.09. The van der Waals surface area contributed by atoms with E-state index >= 15 is 0 Å². The van der Waals surface area contributed by atoms with Gasteiger partial charge in [0.25, 0.3) is 0 Å². The molecule has 34 heavy (non-hydrogen) atoms. The molecule has 7 nitrogen and oxygen atoms in total. The molecule has 2 saturated heterocycles. The Morgan fingerprint density at radius 3 is 2.56 bits per heavy atom. The Hall–Kier alpha value is -1.61. The number of ketones is 1. The number of ether oxygens (including phenoxy) is 2. The number of aryl methyl sites for hydroxylation is 1. The highest BCUT2D eigenvalue weighted by Crippen LogP contribution is 2.36. The number of rotatable bonds is 2. The summed E-state index contributed by atoms with van der Waals surface area (Å²) in [6.45, 7) is 10.8. The summed E-state index contributed by atoms with van der Waals surface area (Å²) < 4.78 is 11.7. The van der Waals surface area contributed by atoms with Crippen molar-refractivity contribution in [3.63, 3.8) is 0 Å². The number of hydrogen-bond acceptors (Lipinski definition) is 8. The average Bonchev–Trinajstić information content (AvgIpc) is 3.38. The number of aliphatic hydroxyl groups excluding tert-OH is 2. The standard InChI is InChI=1S/C26H39NO6S/c1-14-8-7-9-19-21(32-19)11-20(15(2)10-18-13-34-17(4)27-18)33-23(29)12-22(28)26(5,6)25(31)16(3)24(14)30/h10,13-14,16,19-22,24,28,30H,7-9,11-12H2,1-6H3/b15-10+/t14-,16-,19-,20-,21+,22-,24?/m0/s1. The number of cyclic esters (lactones) is 1. The van der Waals surface area contributed by atoms with Crippen LogP contribution in [0.15, 0.2) is 11.0 Å². The van der Waals surface area contributed by atoms with Crippen LogP contribution in [0.3, 0.4) is 0 Å². The Labute approximate surface area is 206 Å². The molecule has 0 aliphatic carbocycles. The van der Waals surface area contributed by atoms with Crippen LogP contribution in [-0.2, 0) is 19.1 Å². The highest BCUT2D eigenvalue weighted by atomic mass is 32.1. The topological polar surface area (TPSA) is 109 Å². The zero-order valence-electron chi connectivity index (χ0n) is 21.1. The van der Waals surface area contributed by atoms with Crippen LogP contribution in [0.4, 0.5) is 0 Å². The number of thiazole rings is 1. The number of Topliss-reactive ketones (excluding diaryl/α,β-unsaturated/α-hetero) is 1. The first-order chi connectivity index (χ1) is 15.9. The lowest BCUT2D eigenvalue weighted by Crippen LogP contribution is -2.45. The molecular weight excluding hydrogens is 454 g/mol. The highest BCUT2D eigenvalue weighted by Gasteiger charge is 2.44. The summed E-state index contributed by atoms with van der Waals surface area (Å²) >= 11 is 1.56. The fourth-order valence-corrected chi connectivity index (χ4v) is 5.35. The van der Waals surface area contributed by atoms with Gasteiger partial charge in [0.2, 0.25) is 0 Å². The number of epoxide rings is 1. The van der Waals surface area contributed by atoms with E-state index in [0.717, 1.165) is 35.5 Å². The number of carbonyl (C=O) groups excluding carboxylic acids is 2. The number of esters is 1. The van der Waals surface area contributed by atoms with E-state index in [0.29, 0.717) is 6.42 Å². The summed E-state index contributed by atoms with van der Waals surface area (Å²) in [6.07, 6.45) is 2.28. The predicted molar refractivity (Wildman–Crippen MR) is 131 cm³/mol. The third kappa shape index (κ3) is 6.53. The lowest BCUT2D eigenvalue weighted by atomic mass is 9.73. The third-order valence-corrected chi connectivity index (χ3v) is 8.20. The molecule has 0 aromatic carbocycles. The molecule has 2 fully saturated rings. The molecule has 0 bridgehead atoms. The number of aliphatic hydroxyl groups is 2. The maximum Gasteiger partial charge on any atom is 0.309 e. The zero-order valence-corrected chi connectivity index (χ0v) is 21.9. The Morgan fingerprint density at radius 2 is 1.91 bits per heavy atom. The van der Waals surface area contributed by atoms with E-state index in [1.54, 1.807) is 32.1 Å². The molecule has 3 heterocycles. The van der Waals surface area contributed by atoms with E-state index in [1.165, 1.54) is 0 Å². The lowest BCUT2D eigenvalue weighted by Gasteiger charge is -2.34. The monoisotopic (exact) mass is 493 g/mol. The van der Waals surface area contributed by atoms with Crippen LogP contribution in [-0.4, -0.2) is 57.5 Å². The van der Waals surface area contributed by atoms with Crippen molar-refractivity contribution in [1.29, 1.82) is 0 Å². The number of fused-ring (bicyclic) bond motifs is 1. The van der Waals surface area contributed by atoms with Gasteiger partial charge in [0, 0.05) is 17.7 Å². The van der Waals surface area contributed by atoms with Crippen molar-refractivity contribution in [2.45, 2.75) is 104 Å². The van der Waals surface area contributed by atoms with E-state index in [2.05, 4.69) is 4.98 Å². The van der Waals surface area contributed by atoms with Gasteiger partial charge < -0.3 is 19.7 Å². The van der Waals surface area contributed by atoms with Gasteiger partial charge in [0.05, 0.1) is 47.0 Å². The fourth-order valence-electron chi connectivity index (χ4n) is 4.78. The molecule has 0 spiro atoms. The van der Waals surface area contributed by atoms with Gasteiger partial charge in [0.1, 0.15) is 11.9 Å². The largest absolute Gasteiger partial charge is 0.458 e. The number of aromatic nitrogens is 1. The molecule has 2 aliphatic heterocycles. The van der Waals surface area contributed by atoms with Crippen molar-refractivity contribution in [3.8, 4) is 0 Å². The summed E-state index contributed by atoms with van der Waals surface area (Å²) in [7, 11) is 0. The molecule has 8 heteroatoms. The van der Waals surface area contributed by atoms with Crippen molar-refractivity contribution in [3.05, 3.63) is 21.7 Å². The summed E-state index contributed by atoms with van der Waals surface area (Å²) in [5.74, 6) is -1.52. The first-order valence-electron chi connectivity index (χ1n) is 12.3. The van der Waals surface area contributed by atoms with Gasteiger partial charge in [-0.05, 0) is 44.3 Å². The van der Waals surface area contributed by atoms with E-state index in [4.69, 9.17) is 9.47 Å². The second-order valence-electron chi connectivity index (χ2n) is 10.6. The first-order valence-corrected chi connectivity index (χ1v) is 13.1. The number of nitrogens with zero attached hydrogens (tertiary/aromatic N) is 1. The molecule has 1 aromatic rings. The minimum atomic E-state index is -1.22. The van der Waals surface area contributed by atoms with Gasteiger partial charge in [0.15, 0.2) is 0 Å². The SMILES string of the molecule is C/C(=C\c1csc(C)n1)[C@@H]1C[C@H]2O[C@H]2CCC[C@H](C)C(O)[C@H](C)C(=O)C(C)(C)[C@@H](O)CC(=O)O1. The Morgan fingerprint density at radius 1 is 1.21 bits per heavy atom. The van der Waals surface area contributed by atoms with E-state index in [9.17, 15) is 19.8 Å². The van der Waals surface area contributed by atoms with Crippen molar-refractivity contribution >= 4 is 29.2 Å². The number of hydrogen-bond donors (Lipinski definition) is 2. The Bertz CT molecular complexity index is 909. The summed E-state index contributed by atoms with van der Waals surface area (Å²) in [4.78, 5) is 30.5. The summed E-state index contributed by atoms with van der Waals surface area (Å²) in [5, 5.41) is 24.5. The second-order valence-corrected chi connectivity index (χ2v) is 11.7. The third-order valence-electron chi connectivity index (χ3n) is 7.41. The van der Waals surface area contributed by atoms with Crippen molar-refractivity contribution in [2.75, 3.05) is 0 Å². The highest BCUT2D eigenvalue weighted by molar-refractivity contribution is 7.09. The molecule has 2 N–H and O–H groups in total. The van der Waals surface area contributed by atoms with Gasteiger partial charge in [-0.3, -0.25) is 9.59 Å². The van der Waals surface area contributed by atoms with Crippen LogP contribution in [0.2, 0.25) is 0 Å². The minimum Gasteiger partial charge on any atom is -0.458 e. The van der Waals surface area contributed by atoms with Crippen LogP contribution in [0, 0.1) is 24.2 Å². The molecule has 0 radical (unpaired) electrons. The Kier molecular flexibility index (Phi) is 8.71. The molecule has 3 rings (SSSR count). The molecular formula is C26H39NO6S. The van der Waals surface area contributed by atoms with E-state index < -0.39 is 35.6 Å². The first kappa shape index (κ1) is 27.0. The molecule has 1 aromatic heterocycles. The normalized spacial score (nSPS) is 36.0. The van der Waals surface area contributed by atoms with E-state index in [1.807, 2.05) is 32.2 Å². The van der Waals surface area contributed by atoms with Crippen LogP contribution < -0.4 is 0 Å². The summed E-state index contributed by atoms with van der Waals surface area (Å²) in [6, 6.07) is 0. The van der Waals surface area contributed by atoms with Crippen LogP contribution in [0.25, 0.3) is 6.08 Å². The molecule has 7 atom stereocenters. The maximum atomic E-state index is 13.2. The molecule has 1 unspecified atom stereocenters. The Balaban J connectivity index is 1.81. The molecule has 2 aliphatic rings. The zero-order chi connectivity index (χ0) is 25.2. The van der Waals surface area contributed by atoms with Gasteiger partial charge in [-0.15, -0.1) is 11.3 Å². The quantitative estimate of drug-likeness (QED) is 0.472. The van der Waals surface area contributed by atoms with Gasteiger partial charge in [-0.25, -0.2) is 4.98 Å². The van der Waals surface area contributed by atoms with Crippen LogP contribution in [0.5, 0.6) is 0 Å². The lowest BCUT2D eigenvalue weighted by molar-refractivity contribution is -0.154. The maximum absolute atomic E-state index is 13.2. The van der Waals surface area contributed by atoms with Gasteiger partial charge in [-0.2, -0.15) is 0 Å². The molecule has 0 amide bonds. The van der Waals surface area contributed by atoms with Gasteiger partial charge >= 0.3 is 5.97 Å². The van der Waals surface area contributed by atoms with Crippen LogP contribution in [0.1, 0.15) is 77.4 Å². The van der Waals surface area contributed by atoms with Crippen molar-refractivity contribution < 1.29 is 29.3 Å². The van der Waals surface area contributed by atoms with Crippen molar-refractivity contribution in [2.24, 2.45) is 17.3 Å².